The van der Waals surface area contributed by atoms with Crippen molar-refractivity contribution in [2.75, 3.05) is 6.61 Å². The molecule has 0 bridgehead atoms. The number of aliphatic hydroxyl groups excluding tert-OH is 1. The van der Waals surface area contributed by atoms with Gasteiger partial charge < -0.3 is 5.11 Å². The number of hydrogen-bond acceptors (Lipinski definition) is 1. The minimum atomic E-state index is -0.130. The first-order chi connectivity index (χ1) is 5.17. The summed E-state index contributed by atoms with van der Waals surface area (Å²) in [4.78, 5) is 0. The Labute approximate surface area is 67.7 Å². The van der Waals surface area contributed by atoms with Gasteiger partial charge in [-0.2, -0.15) is 0 Å². The van der Waals surface area contributed by atoms with Gasteiger partial charge in [-0.15, -0.1) is 0 Å². The van der Waals surface area contributed by atoms with Crippen LogP contribution in [-0.2, 0) is 5.41 Å². The summed E-state index contributed by atoms with van der Waals surface area (Å²) in [6.07, 6.45) is 0. The Hall–Kier alpha value is -0.820. The van der Waals surface area contributed by atoms with Crippen LogP contribution in [0.2, 0.25) is 0 Å². The van der Waals surface area contributed by atoms with Crippen molar-refractivity contribution < 1.29 is 5.11 Å². The minimum Gasteiger partial charge on any atom is -0.395 e. The molecule has 0 aliphatic heterocycles. The van der Waals surface area contributed by atoms with Gasteiger partial charge >= 0.3 is 0 Å². The molecule has 0 aromatic heterocycles. The molecule has 0 aliphatic carbocycles. The highest BCUT2D eigenvalue weighted by Gasteiger charge is 2.17. The zero-order chi connectivity index (χ0) is 8.32. The van der Waals surface area contributed by atoms with Gasteiger partial charge in [0.05, 0.1) is 6.61 Å². The summed E-state index contributed by atoms with van der Waals surface area (Å²) in [6.45, 7) is 4.21. The van der Waals surface area contributed by atoms with Crippen LogP contribution < -0.4 is 0 Å². The van der Waals surface area contributed by atoms with Gasteiger partial charge in [0.2, 0.25) is 0 Å². The summed E-state index contributed by atoms with van der Waals surface area (Å²) in [5.41, 5.74) is 1.02. The predicted octanol–water partition coefficient (Wildman–Crippen LogP) is 1.76. The lowest BCUT2D eigenvalue weighted by Crippen LogP contribution is -2.21. The van der Waals surface area contributed by atoms with Crippen LogP contribution in [0.25, 0.3) is 0 Å². The minimum absolute atomic E-state index is 0.130. The number of aliphatic hydroxyl groups is 1. The monoisotopic (exact) mass is 149 g/mol. The smallest absolute Gasteiger partial charge is 0.0522 e. The quantitative estimate of drug-likeness (QED) is 0.679. The van der Waals surface area contributed by atoms with E-state index in [0.717, 1.165) is 5.56 Å². The molecular weight excluding hydrogens is 136 g/mol. The number of rotatable bonds is 2. The van der Waals surface area contributed by atoms with Crippen molar-refractivity contribution in [3.63, 3.8) is 0 Å². The molecule has 59 valence electrons. The van der Waals surface area contributed by atoms with E-state index in [9.17, 15) is 0 Å². The molecule has 1 rings (SSSR count). The molecule has 0 spiro atoms. The van der Waals surface area contributed by atoms with Crippen molar-refractivity contribution in [3.05, 3.63) is 35.9 Å². The topological polar surface area (TPSA) is 20.2 Å². The van der Waals surface area contributed by atoms with Crippen LogP contribution in [0.4, 0.5) is 0 Å². The van der Waals surface area contributed by atoms with Crippen molar-refractivity contribution in [3.8, 4) is 0 Å². The maximum Gasteiger partial charge on any atom is 0.0522 e. The lowest BCUT2D eigenvalue weighted by Gasteiger charge is -2.21. The van der Waals surface area contributed by atoms with E-state index in [1.165, 1.54) is 0 Å². The standard InChI is InChI=1S/C10H13O/c1-10(2,8-11)9-6-4-3-5-7-9/h4-7,11H,8H2,1-2H3. The normalized spacial score (nSPS) is 11.5. The summed E-state index contributed by atoms with van der Waals surface area (Å²) < 4.78 is 0. The van der Waals surface area contributed by atoms with E-state index >= 15 is 0 Å². The third-order valence-corrected chi connectivity index (χ3v) is 1.89. The first-order valence-electron chi connectivity index (χ1n) is 3.74. The third-order valence-electron chi connectivity index (χ3n) is 1.89. The van der Waals surface area contributed by atoms with E-state index in [1.54, 1.807) is 0 Å². The molecule has 0 fully saturated rings. The molecule has 1 radical (unpaired) electrons. The molecule has 1 aromatic rings. The molecule has 1 N–H and O–H groups in total. The Balaban J connectivity index is 2.93. The fourth-order valence-corrected chi connectivity index (χ4v) is 0.929. The van der Waals surface area contributed by atoms with Crippen molar-refractivity contribution in [1.29, 1.82) is 0 Å². The highest BCUT2D eigenvalue weighted by atomic mass is 16.3. The summed E-state index contributed by atoms with van der Waals surface area (Å²) in [5.74, 6) is 0. The van der Waals surface area contributed by atoms with Gasteiger partial charge in [0.25, 0.3) is 0 Å². The fourth-order valence-electron chi connectivity index (χ4n) is 0.929. The first kappa shape index (κ1) is 8.28. The maximum atomic E-state index is 9.04. The molecule has 11 heavy (non-hydrogen) atoms. The third kappa shape index (κ3) is 1.81. The first-order valence-corrected chi connectivity index (χ1v) is 3.74. The lowest BCUT2D eigenvalue weighted by atomic mass is 9.86. The SMILES string of the molecule is CC(C)(CO)c1cc[c]cc1. The molecule has 0 unspecified atom stereocenters. The van der Waals surface area contributed by atoms with Crippen molar-refractivity contribution in [2.24, 2.45) is 0 Å². The highest BCUT2D eigenvalue weighted by Crippen LogP contribution is 2.20. The zero-order valence-corrected chi connectivity index (χ0v) is 6.96. The van der Waals surface area contributed by atoms with E-state index in [4.69, 9.17) is 5.11 Å². The predicted molar refractivity (Wildman–Crippen MR) is 45.4 cm³/mol. The molecule has 0 atom stereocenters. The Morgan fingerprint density at radius 1 is 1.36 bits per heavy atom. The number of benzene rings is 1. The summed E-state index contributed by atoms with van der Waals surface area (Å²) in [5, 5.41) is 9.04. The largest absolute Gasteiger partial charge is 0.395 e. The fraction of sp³-hybridized carbons (Fsp3) is 0.400. The summed E-state index contributed by atoms with van der Waals surface area (Å²) in [7, 11) is 0. The molecule has 0 heterocycles. The second-order valence-electron chi connectivity index (χ2n) is 3.33. The molecule has 0 aliphatic rings. The van der Waals surface area contributed by atoms with Gasteiger partial charge in [0.1, 0.15) is 0 Å². The molecule has 0 saturated carbocycles. The summed E-state index contributed by atoms with van der Waals surface area (Å²) in [6, 6.07) is 10.6. The summed E-state index contributed by atoms with van der Waals surface area (Å²) >= 11 is 0. The molecule has 1 nitrogen and oxygen atoms in total. The van der Waals surface area contributed by atoms with Crippen molar-refractivity contribution in [2.45, 2.75) is 19.3 Å². The van der Waals surface area contributed by atoms with E-state index in [1.807, 2.05) is 38.1 Å². The second kappa shape index (κ2) is 3.05. The lowest BCUT2D eigenvalue weighted by molar-refractivity contribution is 0.218. The van der Waals surface area contributed by atoms with Crippen molar-refractivity contribution >= 4 is 0 Å². The zero-order valence-electron chi connectivity index (χ0n) is 6.96. The number of hydrogen-bond donors (Lipinski definition) is 1. The van der Waals surface area contributed by atoms with Gasteiger partial charge in [-0.1, -0.05) is 38.1 Å². The molecule has 1 aromatic carbocycles. The Kier molecular flexibility index (Phi) is 2.30. The van der Waals surface area contributed by atoms with Crippen LogP contribution in [-0.4, -0.2) is 11.7 Å². The highest BCUT2D eigenvalue weighted by molar-refractivity contribution is 5.22. The van der Waals surface area contributed by atoms with Gasteiger partial charge in [0, 0.05) is 5.41 Å². The van der Waals surface area contributed by atoms with Crippen molar-refractivity contribution in [1.82, 2.24) is 0 Å². The van der Waals surface area contributed by atoms with Crippen LogP contribution in [0.3, 0.4) is 0 Å². The van der Waals surface area contributed by atoms with E-state index in [0.29, 0.717) is 0 Å². The van der Waals surface area contributed by atoms with Crippen LogP contribution in [0.15, 0.2) is 24.3 Å². The van der Waals surface area contributed by atoms with Gasteiger partial charge in [-0.05, 0) is 11.6 Å². The molecule has 1 heteroatoms. The van der Waals surface area contributed by atoms with Crippen LogP contribution in [0.5, 0.6) is 0 Å². The van der Waals surface area contributed by atoms with E-state index < -0.39 is 0 Å². The molecule has 0 amide bonds. The molecule has 0 saturated heterocycles. The van der Waals surface area contributed by atoms with Crippen LogP contribution in [0.1, 0.15) is 19.4 Å². The Morgan fingerprint density at radius 3 is 2.36 bits per heavy atom. The Bertz CT molecular complexity index is 214. The Morgan fingerprint density at radius 2 is 1.91 bits per heavy atom. The van der Waals surface area contributed by atoms with E-state index in [2.05, 4.69) is 6.07 Å². The van der Waals surface area contributed by atoms with Gasteiger partial charge in [-0.3, -0.25) is 0 Å². The van der Waals surface area contributed by atoms with E-state index in [-0.39, 0.29) is 12.0 Å². The second-order valence-corrected chi connectivity index (χ2v) is 3.33. The van der Waals surface area contributed by atoms with Gasteiger partial charge in [-0.25, -0.2) is 0 Å². The van der Waals surface area contributed by atoms with Crippen LogP contribution in [0, 0.1) is 6.07 Å². The maximum absolute atomic E-state index is 9.04. The average Bonchev–Trinajstić information content (AvgIpc) is 2.06. The van der Waals surface area contributed by atoms with Gasteiger partial charge in [0.15, 0.2) is 0 Å². The average molecular weight is 149 g/mol. The van der Waals surface area contributed by atoms with Crippen LogP contribution >= 0.6 is 0 Å². The molecular formula is C10H13O.